The Kier molecular flexibility index (Phi) is 3.59. The van der Waals surface area contributed by atoms with E-state index in [2.05, 4.69) is 33.7 Å². The lowest BCUT2D eigenvalue weighted by Gasteiger charge is -2.39. The van der Waals surface area contributed by atoms with Crippen molar-refractivity contribution in [3.05, 3.63) is 17.0 Å². The lowest BCUT2D eigenvalue weighted by atomic mass is 10.2. The molecular formula is C11H15ClN4O. The first-order valence-electron chi connectivity index (χ1n) is 5.54. The highest BCUT2D eigenvalue weighted by atomic mass is 35.5. The highest BCUT2D eigenvalue weighted by molar-refractivity contribution is 6.32. The van der Waals surface area contributed by atoms with Crippen molar-refractivity contribution in [3.63, 3.8) is 0 Å². The van der Waals surface area contributed by atoms with Crippen LogP contribution >= 0.6 is 11.6 Å². The summed E-state index contributed by atoms with van der Waals surface area (Å²) in [6.45, 7) is 4.84. The summed E-state index contributed by atoms with van der Waals surface area (Å²) in [6, 6.07) is 0.304. The summed E-state index contributed by atoms with van der Waals surface area (Å²) in [6.07, 6.45) is 2.12. The molecule has 0 aliphatic carbocycles. The fraction of sp³-hybridized carbons (Fsp3) is 0.545. The van der Waals surface area contributed by atoms with E-state index in [-0.39, 0.29) is 5.15 Å². The Bertz CT molecular complexity index is 426. The largest absolute Gasteiger partial charge is 0.351 e. The zero-order valence-electron chi connectivity index (χ0n) is 9.93. The molecule has 0 spiro atoms. The van der Waals surface area contributed by atoms with E-state index in [0.29, 0.717) is 17.4 Å². The van der Waals surface area contributed by atoms with Crippen LogP contribution in [0, 0.1) is 0 Å². The van der Waals surface area contributed by atoms with Gasteiger partial charge in [0.25, 0.3) is 0 Å². The SMILES string of the molecule is CC1CN(C)CCN1c1ncnc(Cl)c1C=O. The van der Waals surface area contributed by atoms with E-state index in [4.69, 9.17) is 11.6 Å². The first-order chi connectivity index (χ1) is 8.13. The van der Waals surface area contributed by atoms with Gasteiger partial charge in [0.2, 0.25) is 0 Å². The van der Waals surface area contributed by atoms with Gasteiger partial charge in [0, 0.05) is 25.7 Å². The second-order valence-electron chi connectivity index (χ2n) is 4.32. The van der Waals surface area contributed by atoms with Crippen LogP contribution in [0.25, 0.3) is 0 Å². The summed E-state index contributed by atoms with van der Waals surface area (Å²) >= 11 is 5.91. The number of carbonyl (C=O) groups excluding carboxylic acids is 1. The number of aromatic nitrogens is 2. The van der Waals surface area contributed by atoms with Gasteiger partial charge in [0.05, 0.1) is 5.56 Å². The predicted molar refractivity (Wildman–Crippen MR) is 66.7 cm³/mol. The van der Waals surface area contributed by atoms with Gasteiger partial charge in [0.1, 0.15) is 17.3 Å². The highest BCUT2D eigenvalue weighted by Crippen LogP contribution is 2.24. The third-order valence-electron chi connectivity index (χ3n) is 3.03. The maximum Gasteiger partial charge on any atom is 0.156 e. The lowest BCUT2D eigenvalue weighted by Crippen LogP contribution is -2.51. The maximum atomic E-state index is 11.1. The van der Waals surface area contributed by atoms with Crippen LogP contribution in [-0.2, 0) is 0 Å². The monoisotopic (exact) mass is 254 g/mol. The molecule has 6 heteroatoms. The van der Waals surface area contributed by atoms with E-state index in [1.807, 2.05) is 0 Å². The number of likely N-dealkylation sites (N-methyl/N-ethyl adjacent to an activating group) is 1. The highest BCUT2D eigenvalue weighted by Gasteiger charge is 2.25. The summed E-state index contributed by atoms with van der Waals surface area (Å²) in [4.78, 5) is 23.4. The fourth-order valence-corrected chi connectivity index (χ4v) is 2.32. The van der Waals surface area contributed by atoms with Gasteiger partial charge < -0.3 is 9.80 Å². The van der Waals surface area contributed by atoms with Crippen LogP contribution < -0.4 is 4.90 Å². The fourth-order valence-electron chi connectivity index (χ4n) is 2.15. The van der Waals surface area contributed by atoms with Crippen LogP contribution in [0.2, 0.25) is 5.15 Å². The first-order valence-corrected chi connectivity index (χ1v) is 5.92. The zero-order chi connectivity index (χ0) is 12.4. The van der Waals surface area contributed by atoms with E-state index in [0.717, 1.165) is 25.9 Å². The molecule has 2 heterocycles. The van der Waals surface area contributed by atoms with Gasteiger partial charge in [-0.2, -0.15) is 0 Å². The smallest absolute Gasteiger partial charge is 0.156 e. The molecule has 0 bridgehead atoms. The Labute approximate surface area is 105 Å². The molecule has 92 valence electrons. The molecule has 0 saturated carbocycles. The minimum atomic E-state index is 0.219. The maximum absolute atomic E-state index is 11.1. The zero-order valence-corrected chi connectivity index (χ0v) is 10.7. The molecule has 1 fully saturated rings. The van der Waals surface area contributed by atoms with E-state index < -0.39 is 0 Å². The van der Waals surface area contributed by atoms with Gasteiger partial charge in [-0.3, -0.25) is 4.79 Å². The van der Waals surface area contributed by atoms with Gasteiger partial charge in [-0.1, -0.05) is 11.6 Å². The normalized spacial score (nSPS) is 21.6. The number of carbonyl (C=O) groups is 1. The minimum absolute atomic E-state index is 0.219. The molecule has 1 atom stereocenters. The minimum Gasteiger partial charge on any atom is -0.351 e. The summed E-state index contributed by atoms with van der Waals surface area (Å²) in [5, 5.41) is 0.219. The molecular weight excluding hydrogens is 240 g/mol. The van der Waals surface area contributed by atoms with Crippen LogP contribution in [0.4, 0.5) is 5.82 Å². The summed E-state index contributed by atoms with van der Waals surface area (Å²) in [5.41, 5.74) is 0.380. The summed E-state index contributed by atoms with van der Waals surface area (Å²) in [7, 11) is 2.08. The number of rotatable bonds is 2. The van der Waals surface area contributed by atoms with Crippen molar-refractivity contribution in [2.24, 2.45) is 0 Å². The summed E-state index contributed by atoms with van der Waals surface area (Å²) in [5.74, 6) is 0.639. The molecule has 1 aromatic heterocycles. The van der Waals surface area contributed by atoms with Crippen molar-refractivity contribution in [2.45, 2.75) is 13.0 Å². The standard InChI is InChI=1S/C11H15ClN4O/c1-8-5-15(2)3-4-16(8)11-9(6-17)10(12)13-7-14-11/h6-8H,3-5H2,1-2H3. The Morgan fingerprint density at radius 1 is 1.47 bits per heavy atom. The van der Waals surface area contributed by atoms with Crippen molar-refractivity contribution < 1.29 is 4.79 Å². The molecule has 0 amide bonds. The molecule has 5 nitrogen and oxygen atoms in total. The molecule has 0 radical (unpaired) electrons. The van der Waals surface area contributed by atoms with E-state index in [9.17, 15) is 4.79 Å². The molecule has 1 aromatic rings. The molecule has 0 aromatic carbocycles. The number of halogens is 1. The first kappa shape index (κ1) is 12.3. The number of anilines is 1. The molecule has 1 aliphatic rings. The topological polar surface area (TPSA) is 49.3 Å². The van der Waals surface area contributed by atoms with Crippen molar-refractivity contribution in [1.29, 1.82) is 0 Å². The molecule has 1 saturated heterocycles. The van der Waals surface area contributed by atoms with Crippen molar-refractivity contribution in [1.82, 2.24) is 14.9 Å². The summed E-state index contributed by atoms with van der Waals surface area (Å²) < 4.78 is 0. The molecule has 2 rings (SSSR count). The van der Waals surface area contributed by atoms with Crippen LogP contribution in [0.3, 0.4) is 0 Å². The van der Waals surface area contributed by atoms with E-state index in [1.165, 1.54) is 6.33 Å². The average Bonchev–Trinajstić information content (AvgIpc) is 2.29. The number of nitrogens with zero attached hydrogens (tertiary/aromatic N) is 4. The van der Waals surface area contributed by atoms with Gasteiger partial charge in [-0.05, 0) is 14.0 Å². The van der Waals surface area contributed by atoms with Crippen molar-refractivity contribution in [2.75, 3.05) is 31.6 Å². The van der Waals surface area contributed by atoms with Gasteiger partial charge >= 0.3 is 0 Å². The third kappa shape index (κ3) is 2.40. The molecule has 1 aliphatic heterocycles. The number of hydrogen-bond donors (Lipinski definition) is 0. The Balaban J connectivity index is 2.33. The Morgan fingerprint density at radius 2 is 2.24 bits per heavy atom. The van der Waals surface area contributed by atoms with Crippen LogP contribution in [0.1, 0.15) is 17.3 Å². The van der Waals surface area contributed by atoms with Crippen LogP contribution in [-0.4, -0.2) is 53.9 Å². The van der Waals surface area contributed by atoms with Crippen LogP contribution in [0.15, 0.2) is 6.33 Å². The quantitative estimate of drug-likeness (QED) is 0.584. The number of hydrogen-bond acceptors (Lipinski definition) is 5. The van der Waals surface area contributed by atoms with Crippen LogP contribution in [0.5, 0.6) is 0 Å². The predicted octanol–water partition coefficient (Wildman–Crippen LogP) is 1.08. The van der Waals surface area contributed by atoms with Crippen molar-refractivity contribution >= 4 is 23.7 Å². The third-order valence-corrected chi connectivity index (χ3v) is 3.34. The van der Waals surface area contributed by atoms with E-state index >= 15 is 0 Å². The second kappa shape index (κ2) is 4.98. The lowest BCUT2D eigenvalue weighted by molar-refractivity contribution is 0.112. The second-order valence-corrected chi connectivity index (χ2v) is 4.68. The molecule has 17 heavy (non-hydrogen) atoms. The molecule has 1 unspecified atom stereocenters. The number of aldehydes is 1. The van der Waals surface area contributed by atoms with Gasteiger partial charge in [-0.15, -0.1) is 0 Å². The Morgan fingerprint density at radius 3 is 2.88 bits per heavy atom. The molecule has 0 N–H and O–H groups in total. The Hall–Kier alpha value is -1.20. The van der Waals surface area contributed by atoms with Gasteiger partial charge in [0.15, 0.2) is 6.29 Å². The van der Waals surface area contributed by atoms with Crippen molar-refractivity contribution in [3.8, 4) is 0 Å². The van der Waals surface area contributed by atoms with E-state index in [1.54, 1.807) is 0 Å². The van der Waals surface area contributed by atoms with Gasteiger partial charge in [-0.25, -0.2) is 9.97 Å². The number of piperazine rings is 1. The average molecular weight is 255 g/mol.